The molecule has 4 rings (SSSR count). The van der Waals surface area contributed by atoms with E-state index in [0.717, 1.165) is 11.1 Å². The smallest absolute Gasteiger partial charge is 0.338 e. The van der Waals surface area contributed by atoms with Crippen molar-refractivity contribution in [3.8, 4) is 5.75 Å². The number of halogens is 1. The molecular formula is C27H25ClN6O6S2. The first-order valence-electron chi connectivity index (χ1n) is 12.5. The number of hydrazone groups is 1. The average Bonchev–Trinajstić information content (AvgIpc) is 2.94. The number of ether oxygens (including phenoxy) is 2. The van der Waals surface area contributed by atoms with Crippen LogP contribution in [0, 0.1) is 5.92 Å². The fourth-order valence-electron chi connectivity index (χ4n) is 4.17. The molecule has 0 saturated carbocycles. The molecule has 1 saturated heterocycles. The first kappa shape index (κ1) is 30.6. The maximum Gasteiger partial charge on any atom is 0.338 e. The summed E-state index contributed by atoms with van der Waals surface area (Å²) in [5.74, 6) is -3.57. The van der Waals surface area contributed by atoms with Crippen molar-refractivity contribution in [1.82, 2.24) is 21.4 Å². The highest BCUT2D eigenvalue weighted by Gasteiger charge is 2.38. The Morgan fingerprint density at radius 1 is 1.12 bits per heavy atom. The maximum absolute atomic E-state index is 13.0. The molecule has 2 aliphatic heterocycles. The molecule has 0 bridgehead atoms. The van der Waals surface area contributed by atoms with Gasteiger partial charge in [-0.25, -0.2) is 10.2 Å². The number of carbonyl (C=O) groups is 4. The zero-order valence-corrected chi connectivity index (χ0v) is 24.7. The number of nitrogens with zero attached hydrogens (tertiary/aromatic N) is 2. The number of allylic oxidation sites excluding steroid dienone is 1. The van der Waals surface area contributed by atoms with E-state index in [4.69, 9.17) is 45.5 Å². The third kappa shape index (κ3) is 6.90. The molecule has 0 aromatic heterocycles. The molecule has 0 spiro atoms. The molecule has 1 fully saturated rings. The van der Waals surface area contributed by atoms with Crippen LogP contribution < -0.4 is 31.0 Å². The summed E-state index contributed by atoms with van der Waals surface area (Å²) in [6, 6.07) is 12.4. The summed E-state index contributed by atoms with van der Waals surface area (Å²) in [4.78, 5) is 51.8. The molecule has 2 aromatic carbocycles. The van der Waals surface area contributed by atoms with Gasteiger partial charge < -0.3 is 25.4 Å². The van der Waals surface area contributed by atoms with E-state index in [1.54, 1.807) is 62.4 Å². The fourth-order valence-corrected chi connectivity index (χ4v) is 4.87. The molecule has 218 valence electrons. The summed E-state index contributed by atoms with van der Waals surface area (Å²) in [6.45, 7) is 3.13. The van der Waals surface area contributed by atoms with Crippen LogP contribution in [-0.4, -0.2) is 53.3 Å². The highest BCUT2D eigenvalue weighted by Crippen LogP contribution is 2.33. The molecule has 15 heteroatoms. The number of benzene rings is 2. The van der Waals surface area contributed by atoms with Crippen molar-refractivity contribution >= 4 is 81.9 Å². The van der Waals surface area contributed by atoms with Crippen LogP contribution in [0.3, 0.4) is 0 Å². The number of hydrogen-bond acceptors (Lipinski definition) is 9. The van der Waals surface area contributed by atoms with E-state index in [9.17, 15) is 19.2 Å². The number of carbonyl (C=O) groups excluding carboxylic acids is 4. The topological polar surface area (TPSA) is 150 Å². The molecular weight excluding hydrogens is 604 g/mol. The molecule has 2 aliphatic rings. The normalized spacial score (nSPS) is 18.8. The quantitative estimate of drug-likeness (QED) is 0.107. The monoisotopic (exact) mass is 628 g/mol. The van der Waals surface area contributed by atoms with Crippen LogP contribution in [-0.2, 0) is 23.9 Å². The van der Waals surface area contributed by atoms with Gasteiger partial charge in [-0.05, 0) is 68.6 Å². The van der Waals surface area contributed by atoms with Crippen molar-refractivity contribution in [1.29, 1.82) is 0 Å². The SMILES string of the molecule is CCOC(=O)C1=C(C)NC(=S)N[C@@H]1c1ccccc1OCC(=O)NN=C[C@@H]1C(=O)NC(=S)N(c2ccc(Cl)cc2)C1=O. The van der Waals surface area contributed by atoms with E-state index in [2.05, 4.69) is 26.5 Å². The van der Waals surface area contributed by atoms with E-state index in [0.29, 0.717) is 38.4 Å². The van der Waals surface area contributed by atoms with Gasteiger partial charge in [-0.15, -0.1) is 0 Å². The molecule has 2 aromatic rings. The number of nitrogens with one attached hydrogen (secondary N) is 4. The summed E-state index contributed by atoms with van der Waals surface area (Å²) in [6.07, 6.45) is 1.01. The van der Waals surface area contributed by atoms with Crippen LogP contribution in [0.15, 0.2) is 64.9 Å². The Labute approximate surface area is 256 Å². The first-order valence-corrected chi connectivity index (χ1v) is 13.7. The lowest BCUT2D eigenvalue weighted by molar-refractivity contribution is -0.139. The summed E-state index contributed by atoms with van der Waals surface area (Å²) in [5.41, 5.74) is 4.04. The van der Waals surface area contributed by atoms with E-state index in [1.165, 1.54) is 0 Å². The van der Waals surface area contributed by atoms with Gasteiger partial charge >= 0.3 is 5.97 Å². The van der Waals surface area contributed by atoms with Gasteiger partial charge in [0, 0.05) is 22.5 Å². The lowest BCUT2D eigenvalue weighted by Crippen LogP contribution is -2.58. The fraction of sp³-hybridized carbons (Fsp3) is 0.222. The van der Waals surface area contributed by atoms with Crippen molar-refractivity contribution in [2.45, 2.75) is 19.9 Å². The summed E-state index contributed by atoms with van der Waals surface area (Å²) in [5, 5.41) is 12.9. The third-order valence-electron chi connectivity index (χ3n) is 6.05. The van der Waals surface area contributed by atoms with Crippen molar-refractivity contribution in [3.63, 3.8) is 0 Å². The van der Waals surface area contributed by atoms with Gasteiger partial charge in [-0.3, -0.25) is 19.3 Å². The minimum atomic E-state index is -1.35. The van der Waals surface area contributed by atoms with Crippen LogP contribution >= 0.6 is 36.0 Å². The van der Waals surface area contributed by atoms with Gasteiger partial charge in [0.05, 0.1) is 23.9 Å². The molecule has 2 atom stereocenters. The van der Waals surface area contributed by atoms with Crippen LogP contribution in [0.1, 0.15) is 25.5 Å². The predicted octanol–water partition coefficient (Wildman–Crippen LogP) is 2.24. The first-order chi connectivity index (χ1) is 20.1. The molecule has 3 amide bonds. The molecule has 2 heterocycles. The van der Waals surface area contributed by atoms with Crippen molar-refractivity contribution in [2.24, 2.45) is 11.0 Å². The van der Waals surface area contributed by atoms with Crippen molar-refractivity contribution in [2.75, 3.05) is 18.1 Å². The van der Waals surface area contributed by atoms with Crippen molar-refractivity contribution in [3.05, 3.63) is 70.4 Å². The van der Waals surface area contributed by atoms with E-state index in [-0.39, 0.29) is 11.7 Å². The molecule has 0 radical (unpaired) electrons. The highest BCUT2D eigenvalue weighted by atomic mass is 35.5. The van der Waals surface area contributed by atoms with Gasteiger partial charge in [0.25, 0.3) is 11.8 Å². The lowest BCUT2D eigenvalue weighted by atomic mass is 9.95. The zero-order chi connectivity index (χ0) is 30.4. The van der Waals surface area contributed by atoms with Gasteiger partial charge in [0.1, 0.15) is 5.75 Å². The Bertz CT molecular complexity index is 1510. The maximum atomic E-state index is 13.0. The summed E-state index contributed by atoms with van der Waals surface area (Å²) in [7, 11) is 0. The number of hydrogen-bond donors (Lipinski definition) is 4. The zero-order valence-electron chi connectivity index (χ0n) is 22.3. The van der Waals surface area contributed by atoms with E-state index < -0.39 is 42.3 Å². The molecule has 0 unspecified atom stereocenters. The highest BCUT2D eigenvalue weighted by molar-refractivity contribution is 7.80. The minimum absolute atomic E-state index is 0.0896. The number of anilines is 1. The number of para-hydroxylation sites is 1. The van der Waals surface area contributed by atoms with E-state index in [1.807, 2.05) is 0 Å². The third-order valence-corrected chi connectivity index (χ3v) is 6.81. The largest absolute Gasteiger partial charge is 0.483 e. The number of thiocarbonyl (C=S) groups is 2. The number of amides is 3. The van der Waals surface area contributed by atoms with Crippen LogP contribution in [0.5, 0.6) is 5.75 Å². The summed E-state index contributed by atoms with van der Waals surface area (Å²) < 4.78 is 11.0. The van der Waals surface area contributed by atoms with E-state index >= 15 is 0 Å². The Morgan fingerprint density at radius 2 is 1.83 bits per heavy atom. The molecule has 0 aliphatic carbocycles. The minimum Gasteiger partial charge on any atom is -0.483 e. The Balaban J connectivity index is 1.42. The van der Waals surface area contributed by atoms with Gasteiger partial charge in [0.15, 0.2) is 22.7 Å². The molecule has 4 N–H and O–H groups in total. The second-order valence-corrected chi connectivity index (χ2v) is 10.1. The van der Waals surface area contributed by atoms with Crippen molar-refractivity contribution < 1.29 is 28.7 Å². The van der Waals surface area contributed by atoms with Gasteiger partial charge in [0.2, 0.25) is 5.91 Å². The second kappa shape index (κ2) is 13.5. The second-order valence-electron chi connectivity index (χ2n) is 8.85. The molecule has 12 nitrogen and oxygen atoms in total. The van der Waals surface area contributed by atoms with Gasteiger partial charge in [-0.2, -0.15) is 5.10 Å². The predicted molar refractivity (Wildman–Crippen MR) is 163 cm³/mol. The lowest BCUT2D eigenvalue weighted by Gasteiger charge is -2.30. The Hall–Kier alpha value is -4.40. The Kier molecular flexibility index (Phi) is 9.83. The van der Waals surface area contributed by atoms with Gasteiger partial charge in [-0.1, -0.05) is 29.8 Å². The Morgan fingerprint density at radius 3 is 2.55 bits per heavy atom. The van der Waals surface area contributed by atoms with Crippen LogP contribution in [0.25, 0.3) is 0 Å². The van der Waals surface area contributed by atoms with Crippen LogP contribution in [0.4, 0.5) is 5.69 Å². The molecule has 42 heavy (non-hydrogen) atoms. The number of rotatable bonds is 9. The van der Waals surface area contributed by atoms with Crippen LogP contribution in [0.2, 0.25) is 5.02 Å². The standard InChI is InChI=1S/C27H25ClN6O6S2/c1-3-39-25(38)21-14(2)30-26(41)31-22(21)17-6-4-5-7-19(17)40-13-20(35)33-29-12-18-23(36)32-27(42)34(24(18)37)16-10-8-15(28)9-11-16/h4-12,18,22H,3,13H2,1-2H3,(H,33,35)(H2,30,31,41)(H,32,36,42)/t18-,22-/m1/s1. The number of esters is 1. The summed E-state index contributed by atoms with van der Waals surface area (Å²) >= 11 is 16.4. The average molecular weight is 629 g/mol.